The molecule has 1 aromatic carbocycles. The minimum Gasteiger partial charge on any atom is -0.507 e. The molecule has 0 saturated carbocycles. The largest absolute Gasteiger partial charge is 0.507 e. The number of alkyl halides is 1. The average molecular weight is 479 g/mol. The monoisotopic (exact) mass is 478 g/mol. The number of nitrogens with one attached hydrogen (secondary N) is 1. The minimum atomic E-state index is -1.03. The summed E-state index contributed by atoms with van der Waals surface area (Å²) in [6.45, 7) is 4.17. The molecule has 0 aliphatic carbocycles. The Hall–Kier alpha value is -3.33. The summed E-state index contributed by atoms with van der Waals surface area (Å²) in [5.74, 6) is 1.05. The highest BCUT2D eigenvalue weighted by molar-refractivity contribution is 5.72. The van der Waals surface area contributed by atoms with Crippen LogP contribution in [0, 0.1) is 0 Å². The van der Waals surface area contributed by atoms with Crippen molar-refractivity contribution in [3.05, 3.63) is 52.9 Å². The van der Waals surface area contributed by atoms with Gasteiger partial charge in [0.05, 0.1) is 11.7 Å². The van der Waals surface area contributed by atoms with Crippen molar-refractivity contribution >= 4 is 5.82 Å². The lowest BCUT2D eigenvalue weighted by Crippen LogP contribution is -2.72. The Labute approximate surface area is 203 Å². The fraction of sp³-hybridized carbons (Fsp3) is 0.462. The van der Waals surface area contributed by atoms with E-state index < -0.39 is 11.7 Å². The van der Waals surface area contributed by atoms with Crippen LogP contribution in [0.25, 0.3) is 22.6 Å². The molecule has 2 aliphatic heterocycles. The van der Waals surface area contributed by atoms with Crippen LogP contribution in [-0.2, 0) is 7.05 Å². The standard InChI is InChI=1S/C26H31FN6O2/c1-25-11-5-12-26(2,31-25)23(27)19(15-25)32(3)21-9-8-18(29-30-21)17-7-6-16(14-20(17)34)24-28-13-10-22(35)33(24)4/h6-10,13-14,19,23,31,34H,5,11-12,15H2,1-4H3/t19-,23+,25-,26+/m1/s1. The normalized spacial score (nSPS) is 28.0. The maximum atomic E-state index is 15.6. The van der Waals surface area contributed by atoms with Gasteiger partial charge in [0.25, 0.3) is 5.56 Å². The van der Waals surface area contributed by atoms with E-state index in [9.17, 15) is 9.90 Å². The molecule has 2 aliphatic rings. The van der Waals surface area contributed by atoms with E-state index in [0.717, 1.165) is 19.3 Å². The molecule has 3 aromatic rings. The highest BCUT2D eigenvalue weighted by Crippen LogP contribution is 2.43. The maximum absolute atomic E-state index is 15.6. The van der Waals surface area contributed by atoms with Crippen LogP contribution in [0.4, 0.5) is 10.2 Å². The molecule has 0 unspecified atom stereocenters. The van der Waals surface area contributed by atoms with Crippen LogP contribution in [-0.4, -0.2) is 55.2 Å². The Morgan fingerprint density at radius 3 is 2.69 bits per heavy atom. The van der Waals surface area contributed by atoms with E-state index in [1.54, 1.807) is 31.3 Å². The van der Waals surface area contributed by atoms with E-state index in [1.165, 1.54) is 16.8 Å². The summed E-state index contributed by atoms with van der Waals surface area (Å²) < 4.78 is 17.1. The number of nitrogens with zero attached hydrogens (tertiary/aromatic N) is 5. The highest BCUT2D eigenvalue weighted by atomic mass is 19.1. The molecule has 0 radical (unpaired) electrons. The summed E-state index contributed by atoms with van der Waals surface area (Å²) in [6.07, 6.45) is 4.00. The van der Waals surface area contributed by atoms with Gasteiger partial charge in [0, 0.05) is 48.6 Å². The third-order valence-electron chi connectivity index (χ3n) is 7.72. The van der Waals surface area contributed by atoms with Gasteiger partial charge in [-0.05, 0) is 63.8 Å². The predicted molar refractivity (Wildman–Crippen MR) is 133 cm³/mol. The Bertz CT molecular complexity index is 1310. The topological polar surface area (TPSA) is 96.2 Å². The number of piperidine rings is 2. The molecule has 2 bridgehead atoms. The summed E-state index contributed by atoms with van der Waals surface area (Å²) in [5, 5.41) is 22.9. The van der Waals surface area contributed by atoms with E-state index in [2.05, 4.69) is 27.4 Å². The van der Waals surface area contributed by atoms with Crippen molar-refractivity contribution in [2.75, 3.05) is 11.9 Å². The summed E-state index contributed by atoms with van der Waals surface area (Å²) in [4.78, 5) is 18.1. The molecule has 0 amide bonds. The fourth-order valence-electron chi connectivity index (χ4n) is 5.80. The minimum absolute atomic E-state index is 0.00635. The number of aromatic nitrogens is 4. The molecule has 184 valence electrons. The zero-order valence-electron chi connectivity index (χ0n) is 20.5. The smallest absolute Gasteiger partial charge is 0.253 e. The highest BCUT2D eigenvalue weighted by Gasteiger charge is 2.53. The SMILES string of the molecule is CN(c1ccc(-c2ccc(-c3nccc(=O)n3C)cc2O)nn1)[C@@H]1C[C@@]2(C)CCC[C@](C)(N2)[C@H]1F. The van der Waals surface area contributed by atoms with Gasteiger partial charge in [-0.1, -0.05) is 6.07 Å². The van der Waals surface area contributed by atoms with Crippen LogP contribution in [0.2, 0.25) is 0 Å². The van der Waals surface area contributed by atoms with Crippen molar-refractivity contribution < 1.29 is 9.50 Å². The molecule has 5 rings (SSSR count). The number of hydrogen-bond donors (Lipinski definition) is 2. The Morgan fingerprint density at radius 1 is 1.17 bits per heavy atom. The van der Waals surface area contributed by atoms with Crippen molar-refractivity contribution in [3.8, 4) is 28.4 Å². The lowest BCUT2D eigenvalue weighted by atomic mass is 9.68. The Kier molecular flexibility index (Phi) is 5.62. The van der Waals surface area contributed by atoms with E-state index in [0.29, 0.717) is 34.9 Å². The predicted octanol–water partition coefficient (Wildman–Crippen LogP) is 3.45. The number of fused-ring (bicyclic) bond motifs is 2. The lowest BCUT2D eigenvalue weighted by molar-refractivity contribution is 0.00195. The van der Waals surface area contributed by atoms with Crippen molar-refractivity contribution in [2.24, 2.45) is 7.05 Å². The molecule has 2 fully saturated rings. The molecule has 35 heavy (non-hydrogen) atoms. The first-order valence-corrected chi connectivity index (χ1v) is 12.0. The molecular formula is C26H31FN6O2. The second kappa shape index (κ2) is 8.41. The lowest BCUT2D eigenvalue weighted by Gasteiger charge is -2.56. The van der Waals surface area contributed by atoms with Gasteiger partial charge in [-0.3, -0.25) is 9.36 Å². The third-order valence-corrected chi connectivity index (χ3v) is 7.72. The number of hydrogen-bond acceptors (Lipinski definition) is 7. The van der Waals surface area contributed by atoms with Crippen LogP contribution in [0.3, 0.4) is 0 Å². The summed E-state index contributed by atoms with van der Waals surface area (Å²) in [7, 11) is 3.51. The Morgan fingerprint density at radius 2 is 1.97 bits per heavy atom. The molecular weight excluding hydrogens is 447 g/mol. The molecule has 4 heterocycles. The summed E-state index contributed by atoms with van der Waals surface area (Å²) in [6, 6.07) is 9.74. The van der Waals surface area contributed by atoms with Gasteiger partial charge in [0.1, 0.15) is 17.7 Å². The second-order valence-corrected chi connectivity index (χ2v) is 10.4. The van der Waals surface area contributed by atoms with Crippen molar-refractivity contribution in [1.82, 2.24) is 25.1 Å². The van der Waals surface area contributed by atoms with Crippen molar-refractivity contribution in [2.45, 2.75) is 62.8 Å². The van der Waals surface area contributed by atoms with Gasteiger partial charge in [-0.2, -0.15) is 0 Å². The zero-order valence-corrected chi connectivity index (χ0v) is 20.5. The molecule has 2 aromatic heterocycles. The number of benzene rings is 1. The molecule has 2 saturated heterocycles. The number of phenols is 1. The number of halogens is 1. The van der Waals surface area contributed by atoms with Crippen molar-refractivity contribution in [3.63, 3.8) is 0 Å². The van der Waals surface area contributed by atoms with Gasteiger partial charge in [-0.15, -0.1) is 10.2 Å². The van der Waals surface area contributed by atoms with Gasteiger partial charge < -0.3 is 15.3 Å². The molecule has 4 atom stereocenters. The van der Waals surface area contributed by atoms with Gasteiger partial charge >= 0.3 is 0 Å². The van der Waals surface area contributed by atoms with Crippen LogP contribution >= 0.6 is 0 Å². The van der Waals surface area contributed by atoms with E-state index in [4.69, 9.17) is 0 Å². The van der Waals surface area contributed by atoms with E-state index >= 15 is 4.39 Å². The average Bonchev–Trinajstić information content (AvgIpc) is 2.83. The second-order valence-electron chi connectivity index (χ2n) is 10.4. The molecule has 0 spiro atoms. The first kappa shape index (κ1) is 23.4. The van der Waals surface area contributed by atoms with Gasteiger partial charge in [-0.25, -0.2) is 9.37 Å². The summed E-state index contributed by atoms with van der Waals surface area (Å²) >= 11 is 0. The van der Waals surface area contributed by atoms with Gasteiger partial charge in [0.15, 0.2) is 5.82 Å². The molecule has 8 nitrogen and oxygen atoms in total. The first-order valence-electron chi connectivity index (χ1n) is 12.0. The fourth-order valence-corrected chi connectivity index (χ4v) is 5.80. The van der Waals surface area contributed by atoms with Crippen molar-refractivity contribution in [1.29, 1.82) is 0 Å². The van der Waals surface area contributed by atoms with E-state index in [-0.39, 0.29) is 22.9 Å². The number of aromatic hydroxyl groups is 1. The Balaban J connectivity index is 1.39. The zero-order chi connectivity index (χ0) is 25.0. The number of anilines is 1. The van der Waals surface area contributed by atoms with Gasteiger partial charge in [0.2, 0.25) is 0 Å². The van der Waals surface area contributed by atoms with Crippen LogP contribution in [0.5, 0.6) is 5.75 Å². The molecule has 2 N–H and O–H groups in total. The summed E-state index contributed by atoms with van der Waals surface area (Å²) in [5.41, 5.74) is 0.813. The van der Waals surface area contributed by atoms with Crippen LogP contribution < -0.4 is 15.8 Å². The number of phenolic OH excluding ortho intramolecular Hbond substituents is 1. The molecule has 9 heteroatoms. The number of rotatable bonds is 4. The third kappa shape index (κ3) is 4.07. The van der Waals surface area contributed by atoms with Crippen LogP contribution in [0.15, 0.2) is 47.4 Å². The first-order chi connectivity index (χ1) is 16.6. The van der Waals surface area contributed by atoms with Crippen LogP contribution in [0.1, 0.15) is 39.5 Å². The maximum Gasteiger partial charge on any atom is 0.253 e. The quantitative estimate of drug-likeness (QED) is 0.593. The van der Waals surface area contributed by atoms with E-state index in [1.807, 2.05) is 24.9 Å².